The maximum Gasteiger partial charge on any atom is 0.286 e. The van der Waals surface area contributed by atoms with E-state index in [0.717, 1.165) is 0 Å². The minimum absolute atomic E-state index is 0.0646. The first-order valence-electron chi connectivity index (χ1n) is 3.69. The Hall–Kier alpha value is -1.45. The van der Waals surface area contributed by atoms with Crippen molar-refractivity contribution in [3.8, 4) is 5.88 Å². The van der Waals surface area contributed by atoms with Crippen LogP contribution in [0, 0.1) is 0 Å². The topological polar surface area (TPSA) is 51.5 Å². The number of nitrogens with zero attached hydrogens (tertiary/aromatic N) is 1. The predicted octanol–water partition coefficient (Wildman–Crippen LogP) is 0.873. The third kappa shape index (κ3) is 1.78. The first-order valence-corrected chi connectivity index (χ1v) is 3.69. The van der Waals surface area contributed by atoms with Gasteiger partial charge in [0.05, 0.1) is 6.10 Å². The fourth-order valence-corrected chi connectivity index (χ4v) is 0.793. The molecule has 12 heavy (non-hydrogen) atoms. The number of ether oxygens (including phenoxy) is 1. The summed E-state index contributed by atoms with van der Waals surface area (Å²) in [5, 5.41) is 9.13. The Kier molecular flexibility index (Phi) is 2.38. The predicted molar refractivity (Wildman–Crippen MR) is 43.7 cm³/mol. The molecule has 1 rings (SSSR count). The van der Waals surface area contributed by atoms with E-state index in [1.807, 2.05) is 13.8 Å². The lowest BCUT2D eigenvalue weighted by Crippen LogP contribution is -2.20. The Morgan fingerprint density at radius 3 is 2.75 bits per heavy atom. The molecular formula is C8H11NO3. The summed E-state index contributed by atoms with van der Waals surface area (Å²) in [5.74, 6) is 0.164. The van der Waals surface area contributed by atoms with Crippen molar-refractivity contribution in [1.82, 2.24) is 4.73 Å². The van der Waals surface area contributed by atoms with Crippen LogP contribution in [0.2, 0.25) is 0 Å². The fourth-order valence-electron chi connectivity index (χ4n) is 0.793. The van der Waals surface area contributed by atoms with E-state index in [0.29, 0.717) is 4.73 Å². The van der Waals surface area contributed by atoms with Gasteiger partial charge in [-0.25, -0.2) is 0 Å². The van der Waals surface area contributed by atoms with Crippen LogP contribution in [0.3, 0.4) is 0 Å². The third-order valence-electron chi connectivity index (χ3n) is 1.25. The van der Waals surface area contributed by atoms with Crippen LogP contribution in [0.4, 0.5) is 0 Å². The summed E-state index contributed by atoms with van der Waals surface area (Å²) in [6.07, 6.45) is -0.0646. The van der Waals surface area contributed by atoms with E-state index in [-0.39, 0.29) is 12.0 Å². The highest BCUT2D eigenvalue weighted by atomic mass is 16.6. The molecule has 0 aliphatic heterocycles. The van der Waals surface area contributed by atoms with Crippen molar-refractivity contribution in [3.05, 3.63) is 28.6 Å². The first-order chi connectivity index (χ1) is 5.61. The van der Waals surface area contributed by atoms with E-state index in [4.69, 9.17) is 9.94 Å². The Labute approximate surface area is 70.0 Å². The van der Waals surface area contributed by atoms with Crippen LogP contribution in [0.5, 0.6) is 5.88 Å². The highest BCUT2D eigenvalue weighted by molar-refractivity contribution is 5.11. The molecule has 0 amide bonds. The zero-order valence-electron chi connectivity index (χ0n) is 7.02. The van der Waals surface area contributed by atoms with Gasteiger partial charge in [-0.05, 0) is 13.8 Å². The molecule has 0 saturated heterocycles. The van der Waals surface area contributed by atoms with Crippen molar-refractivity contribution in [1.29, 1.82) is 0 Å². The van der Waals surface area contributed by atoms with Crippen molar-refractivity contribution >= 4 is 0 Å². The minimum Gasteiger partial charge on any atom is -0.474 e. The maximum atomic E-state index is 10.9. The Morgan fingerprint density at radius 1 is 1.50 bits per heavy atom. The first kappa shape index (κ1) is 8.64. The largest absolute Gasteiger partial charge is 0.474 e. The van der Waals surface area contributed by atoms with Crippen LogP contribution < -0.4 is 10.3 Å². The lowest BCUT2D eigenvalue weighted by Gasteiger charge is -2.10. The summed E-state index contributed by atoms with van der Waals surface area (Å²) in [4.78, 5) is 10.9. The number of hydrogen-bond acceptors (Lipinski definition) is 3. The van der Waals surface area contributed by atoms with Crippen molar-refractivity contribution in [2.75, 3.05) is 0 Å². The Bertz CT molecular complexity index is 316. The van der Waals surface area contributed by atoms with E-state index < -0.39 is 5.56 Å². The van der Waals surface area contributed by atoms with Crippen LogP contribution in [0.25, 0.3) is 0 Å². The maximum absolute atomic E-state index is 10.9. The molecule has 0 aliphatic rings. The van der Waals surface area contributed by atoms with Gasteiger partial charge in [0.15, 0.2) is 0 Å². The smallest absolute Gasteiger partial charge is 0.286 e. The molecule has 1 aromatic heterocycles. The summed E-state index contributed by atoms with van der Waals surface area (Å²) in [5.41, 5.74) is -0.492. The third-order valence-corrected chi connectivity index (χ3v) is 1.25. The molecule has 0 aromatic carbocycles. The van der Waals surface area contributed by atoms with E-state index in [9.17, 15) is 4.79 Å². The minimum atomic E-state index is -0.492. The van der Waals surface area contributed by atoms with Gasteiger partial charge >= 0.3 is 0 Å². The molecular weight excluding hydrogens is 158 g/mol. The number of hydrogen-bond donors (Lipinski definition) is 1. The van der Waals surface area contributed by atoms with Crippen LogP contribution >= 0.6 is 0 Å². The molecule has 1 N–H and O–H groups in total. The molecule has 1 aromatic rings. The SMILES string of the molecule is CC(C)Oc1cccc(=O)n1O. The molecule has 66 valence electrons. The van der Waals surface area contributed by atoms with Crippen LogP contribution in [-0.2, 0) is 0 Å². The molecule has 0 spiro atoms. The average Bonchev–Trinajstić information content (AvgIpc) is 1.98. The molecule has 0 unspecified atom stereocenters. The summed E-state index contributed by atoms with van der Waals surface area (Å²) in [6.45, 7) is 3.63. The Balaban J connectivity index is 3.00. The summed E-state index contributed by atoms with van der Waals surface area (Å²) in [7, 11) is 0. The van der Waals surface area contributed by atoms with Gasteiger partial charge in [-0.2, -0.15) is 0 Å². The van der Waals surface area contributed by atoms with Gasteiger partial charge in [-0.3, -0.25) is 4.79 Å². The average molecular weight is 169 g/mol. The normalized spacial score (nSPS) is 10.2. The van der Waals surface area contributed by atoms with E-state index >= 15 is 0 Å². The quantitative estimate of drug-likeness (QED) is 0.668. The highest BCUT2D eigenvalue weighted by Gasteiger charge is 2.03. The molecule has 1 heterocycles. The van der Waals surface area contributed by atoms with Crippen molar-refractivity contribution in [2.45, 2.75) is 20.0 Å². The van der Waals surface area contributed by atoms with Gasteiger partial charge in [0.2, 0.25) is 5.88 Å². The molecule has 4 heteroatoms. The van der Waals surface area contributed by atoms with E-state index in [1.165, 1.54) is 18.2 Å². The lowest BCUT2D eigenvalue weighted by molar-refractivity contribution is 0.112. The Morgan fingerprint density at radius 2 is 2.17 bits per heavy atom. The van der Waals surface area contributed by atoms with Crippen molar-refractivity contribution in [3.63, 3.8) is 0 Å². The standard InChI is InChI=1S/C8H11NO3/c1-6(2)12-8-5-3-4-7(10)9(8)11/h3-6,11H,1-2H3. The highest BCUT2D eigenvalue weighted by Crippen LogP contribution is 2.06. The zero-order chi connectivity index (χ0) is 9.14. The lowest BCUT2D eigenvalue weighted by atomic mass is 10.4. The fraction of sp³-hybridized carbons (Fsp3) is 0.375. The number of pyridine rings is 1. The summed E-state index contributed by atoms with van der Waals surface area (Å²) < 4.78 is 5.62. The second-order valence-corrected chi connectivity index (χ2v) is 2.68. The zero-order valence-corrected chi connectivity index (χ0v) is 7.02. The van der Waals surface area contributed by atoms with Gasteiger partial charge in [-0.15, -0.1) is 4.73 Å². The van der Waals surface area contributed by atoms with Crippen LogP contribution in [-0.4, -0.2) is 16.0 Å². The molecule has 0 saturated carbocycles. The van der Waals surface area contributed by atoms with E-state index in [1.54, 1.807) is 0 Å². The van der Waals surface area contributed by atoms with Gasteiger partial charge in [-0.1, -0.05) is 6.07 Å². The monoisotopic (exact) mass is 169 g/mol. The molecule has 4 nitrogen and oxygen atoms in total. The van der Waals surface area contributed by atoms with Gasteiger partial charge < -0.3 is 9.94 Å². The molecule has 0 aliphatic carbocycles. The summed E-state index contributed by atoms with van der Waals surface area (Å²) in [6, 6.07) is 4.32. The number of rotatable bonds is 2. The second-order valence-electron chi connectivity index (χ2n) is 2.68. The molecule has 0 atom stereocenters. The van der Waals surface area contributed by atoms with E-state index in [2.05, 4.69) is 0 Å². The summed E-state index contributed by atoms with van der Waals surface area (Å²) >= 11 is 0. The van der Waals surface area contributed by atoms with Crippen molar-refractivity contribution in [2.24, 2.45) is 0 Å². The van der Waals surface area contributed by atoms with Gasteiger partial charge in [0.1, 0.15) is 0 Å². The van der Waals surface area contributed by atoms with Gasteiger partial charge in [0.25, 0.3) is 5.56 Å². The van der Waals surface area contributed by atoms with Crippen molar-refractivity contribution < 1.29 is 9.94 Å². The van der Waals surface area contributed by atoms with Crippen LogP contribution in [0.1, 0.15) is 13.8 Å². The van der Waals surface area contributed by atoms with Crippen LogP contribution in [0.15, 0.2) is 23.0 Å². The number of aromatic nitrogens is 1. The van der Waals surface area contributed by atoms with Gasteiger partial charge in [0, 0.05) is 12.1 Å². The second kappa shape index (κ2) is 3.30. The molecule has 0 radical (unpaired) electrons. The molecule has 0 fully saturated rings. The molecule has 0 bridgehead atoms.